The van der Waals surface area contributed by atoms with Crippen LogP contribution in [0.25, 0.3) is 0 Å². The Kier molecular flexibility index (Phi) is 4.56. The van der Waals surface area contributed by atoms with Crippen molar-refractivity contribution < 1.29 is 22.7 Å². The van der Waals surface area contributed by atoms with Gasteiger partial charge in [-0.05, 0) is 24.1 Å². The first-order valence-electron chi connectivity index (χ1n) is 4.74. The quantitative estimate of drug-likeness (QED) is 0.631. The standard InChI is InChI=1S/C11H10BrF3O2/c1-17-10(16)8-3-2-7(4-5-12)9(6-8)11(13,14)15/h2-3,6H,4-5H2,1H3. The van der Waals surface area contributed by atoms with Gasteiger partial charge in [0.1, 0.15) is 0 Å². The predicted molar refractivity (Wildman–Crippen MR) is 60.3 cm³/mol. The van der Waals surface area contributed by atoms with Crippen LogP contribution in [0.3, 0.4) is 0 Å². The van der Waals surface area contributed by atoms with Crippen LogP contribution in [-0.2, 0) is 17.3 Å². The molecule has 2 nitrogen and oxygen atoms in total. The highest BCUT2D eigenvalue weighted by Gasteiger charge is 2.33. The van der Waals surface area contributed by atoms with E-state index in [1.165, 1.54) is 12.1 Å². The summed E-state index contributed by atoms with van der Waals surface area (Å²) in [6.45, 7) is 0. The average Bonchev–Trinajstić information content (AvgIpc) is 2.27. The van der Waals surface area contributed by atoms with Crippen molar-refractivity contribution in [2.75, 3.05) is 12.4 Å². The van der Waals surface area contributed by atoms with Gasteiger partial charge < -0.3 is 4.74 Å². The molecule has 0 aromatic heterocycles. The molecule has 0 aliphatic heterocycles. The normalized spacial score (nSPS) is 11.4. The first kappa shape index (κ1) is 14.0. The molecule has 17 heavy (non-hydrogen) atoms. The van der Waals surface area contributed by atoms with E-state index >= 15 is 0 Å². The summed E-state index contributed by atoms with van der Waals surface area (Å²) in [6.07, 6.45) is -4.22. The van der Waals surface area contributed by atoms with Crippen molar-refractivity contribution in [1.82, 2.24) is 0 Å². The van der Waals surface area contributed by atoms with E-state index in [0.29, 0.717) is 5.33 Å². The van der Waals surface area contributed by atoms with Crippen molar-refractivity contribution in [1.29, 1.82) is 0 Å². The van der Waals surface area contributed by atoms with E-state index in [4.69, 9.17) is 0 Å². The van der Waals surface area contributed by atoms with Crippen molar-refractivity contribution in [2.45, 2.75) is 12.6 Å². The number of alkyl halides is 4. The van der Waals surface area contributed by atoms with Crippen LogP contribution < -0.4 is 0 Å². The Balaban J connectivity index is 3.24. The van der Waals surface area contributed by atoms with Gasteiger partial charge in [0, 0.05) is 5.33 Å². The maximum absolute atomic E-state index is 12.8. The van der Waals surface area contributed by atoms with E-state index in [1.807, 2.05) is 0 Å². The molecule has 0 saturated carbocycles. The third-order valence-corrected chi connectivity index (χ3v) is 2.60. The number of carbonyl (C=O) groups is 1. The van der Waals surface area contributed by atoms with Crippen molar-refractivity contribution in [3.8, 4) is 0 Å². The zero-order valence-electron chi connectivity index (χ0n) is 8.97. The number of hydrogen-bond donors (Lipinski definition) is 0. The Bertz CT molecular complexity index is 416. The van der Waals surface area contributed by atoms with Crippen molar-refractivity contribution >= 4 is 21.9 Å². The number of methoxy groups -OCH3 is 1. The minimum atomic E-state index is -4.47. The maximum Gasteiger partial charge on any atom is 0.416 e. The average molecular weight is 311 g/mol. The van der Waals surface area contributed by atoms with Gasteiger partial charge in [-0.2, -0.15) is 13.2 Å². The summed E-state index contributed by atoms with van der Waals surface area (Å²) in [6, 6.07) is 3.46. The molecule has 0 unspecified atom stereocenters. The Morgan fingerprint density at radius 1 is 1.41 bits per heavy atom. The van der Waals surface area contributed by atoms with E-state index in [-0.39, 0.29) is 17.5 Å². The first-order valence-corrected chi connectivity index (χ1v) is 5.86. The number of carbonyl (C=O) groups excluding carboxylic acids is 1. The van der Waals surface area contributed by atoms with Crippen LogP contribution in [0.15, 0.2) is 18.2 Å². The lowest BCUT2D eigenvalue weighted by Gasteiger charge is -2.13. The summed E-state index contributed by atoms with van der Waals surface area (Å²) in [7, 11) is 1.13. The van der Waals surface area contributed by atoms with E-state index in [2.05, 4.69) is 20.7 Å². The van der Waals surface area contributed by atoms with Gasteiger partial charge in [-0.25, -0.2) is 4.79 Å². The summed E-state index contributed by atoms with van der Waals surface area (Å²) in [5, 5.41) is 0.424. The Hall–Kier alpha value is -1.04. The van der Waals surface area contributed by atoms with Crippen LogP contribution >= 0.6 is 15.9 Å². The van der Waals surface area contributed by atoms with E-state index in [0.717, 1.165) is 13.2 Å². The fourth-order valence-corrected chi connectivity index (χ4v) is 1.83. The molecule has 0 N–H and O–H groups in total. The molecular weight excluding hydrogens is 301 g/mol. The second-order valence-electron chi connectivity index (χ2n) is 3.30. The molecule has 0 radical (unpaired) electrons. The molecule has 1 aromatic rings. The summed E-state index contributed by atoms with van der Waals surface area (Å²) < 4.78 is 42.6. The van der Waals surface area contributed by atoms with Gasteiger partial charge in [-0.3, -0.25) is 0 Å². The summed E-state index contributed by atoms with van der Waals surface area (Å²) in [5.41, 5.74) is -0.736. The van der Waals surface area contributed by atoms with Crippen LogP contribution in [-0.4, -0.2) is 18.4 Å². The van der Waals surface area contributed by atoms with Gasteiger partial charge in [-0.15, -0.1) is 0 Å². The highest BCUT2D eigenvalue weighted by atomic mass is 79.9. The molecule has 0 bridgehead atoms. The Morgan fingerprint density at radius 2 is 2.06 bits per heavy atom. The van der Waals surface area contributed by atoms with Gasteiger partial charge in [0.15, 0.2) is 0 Å². The summed E-state index contributed by atoms with van der Waals surface area (Å²) in [5.74, 6) is -0.777. The van der Waals surface area contributed by atoms with Crippen molar-refractivity contribution in [2.24, 2.45) is 0 Å². The van der Waals surface area contributed by atoms with Gasteiger partial charge in [0.25, 0.3) is 0 Å². The third-order valence-electron chi connectivity index (χ3n) is 2.20. The molecule has 1 rings (SSSR count). The molecule has 94 valence electrons. The maximum atomic E-state index is 12.8. The molecule has 0 heterocycles. The number of benzene rings is 1. The fourth-order valence-electron chi connectivity index (χ4n) is 1.40. The van der Waals surface area contributed by atoms with Gasteiger partial charge in [0.2, 0.25) is 0 Å². The third kappa shape index (κ3) is 3.46. The first-order chi connectivity index (χ1) is 7.90. The van der Waals surface area contributed by atoms with Crippen LogP contribution in [0.4, 0.5) is 13.2 Å². The number of halogens is 4. The highest BCUT2D eigenvalue weighted by Crippen LogP contribution is 2.33. The predicted octanol–water partition coefficient (Wildman–Crippen LogP) is 3.43. The number of aryl methyl sites for hydroxylation is 1. The zero-order valence-corrected chi connectivity index (χ0v) is 10.6. The molecule has 6 heteroatoms. The van der Waals surface area contributed by atoms with Gasteiger partial charge in [0.05, 0.1) is 18.2 Å². The van der Waals surface area contributed by atoms with Crippen molar-refractivity contribution in [3.05, 3.63) is 34.9 Å². The van der Waals surface area contributed by atoms with Crippen LogP contribution in [0.1, 0.15) is 21.5 Å². The zero-order chi connectivity index (χ0) is 13.1. The lowest BCUT2D eigenvalue weighted by atomic mass is 10.0. The molecular formula is C11H10BrF3O2. The van der Waals surface area contributed by atoms with Crippen LogP contribution in [0.2, 0.25) is 0 Å². The minimum Gasteiger partial charge on any atom is -0.465 e. The molecule has 0 aliphatic rings. The molecule has 0 spiro atoms. The van der Waals surface area contributed by atoms with Gasteiger partial charge >= 0.3 is 12.1 Å². The van der Waals surface area contributed by atoms with Crippen LogP contribution in [0.5, 0.6) is 0 Å². The van der Waals surface area contributed by atoms with Gasteiger partial charge in [-0.1, -0.05) is 22.0 Å². The number of ether oxygens (including phenoxy) is 1. The largest absolute Gasteiger partial charge is 0.465 e. The van der Waals surface area contributed by atoms with E-state index < -0.39 is 17.7 Å². The van der Waals surface area contributed by atoms with E-state index in [9.17, 15) is 18.0 Å². The topological polar surface area (TPSA) is 26.3 Å². The highest BCUT2D eigenvalue weighted by molar-refractivity contribution is 9.09. The second kappa shape index (κ2) is 5.53. The molecule has 0 aliphatic carbocycles. The molecule has 1 aromatic carbocycles. The van der Waals surface area contributed by atoms with Crippen molar-refractivity contribution in [3.63, 3.8) is 0 Å². The molecule has 0 atom stereocenters. The summed E-state index contributed by atoms with van der Waals surface area (Å²) >= 11 is 3.09. The smallest absolute Gasteiger partial charge is 0.416 e. The Labute approximate surface area is 105 Å². The minimum absolute atomic E-state index is 0.0989. The fraction of sp³-hybridized carbons (Fsp3) is 0.364. The van der Waals surface area contributed by atoms with Crippen LogP contribution in [0, 0.1) is 0 Å². The monoisotopic (exact) mass is 310 g/mol. The lowest BCUT2D eigenvalue weighted by Crippen LogP contribution is -2.12. The number of hydrogen-bond acceptors (Lipinski definition) is 2. The SMILES string of the molecule is COC(=O)c1ccc(CCBr)c(C(F)(F)F)c1. The number of esters is 1. The lowest BCUT2D eigenvalue weighted by molar-refractivity contribution is -0.138. The summed E-state index contributed by atoms with van der Waals surface area (Å²) in [4.78, 5) is 11.2. The van der Waals surface area contributed by atoms with E-state index in [1.54, 1.807) is 0 Å². The molecule has 0 saturated heterocycles. The molecule has 0 fully saturated rings. The Morgan fingerprint density at radius 3 is 2.53 bits per heavy atom. The number of rotatable bonds is 3. The molecule has 0 amide bonds. The second-order valence-corrected chi connectivity index (χ2v) is 4.09.